The van der Waals surface area contributed by atoms with E-state index < -0.39 is 10.0 Å². The maximum atomic E-state index is 12.9. The highest BCUT2D eigenvalue weighted by Gasteiger charge is 2.28. The fraction of sp³-hybridized carbons (Fsp3) is 0.588. The molecular weight excluding hydrogens is 326 g/mol. The van der Waals surface area contributed by atoms with Crippen molar-refractivity contribution < 1.29 is 13.2 Å². The molecule has 1 amide bonds. The molecule has 0 radical (unpaired) electrons. The second kappa shape index (κ2) is 8.60. The third kappa shape index (κ3) is 4.55. The van der Waals surface area contributed by atoms with E-state index in [2.05, 4.69) is 10.6 Å². The highest BCUT2D eigenvalue weighted by Crippen LogP contribution is 2.24. The Labute approximate surface area is 144 Å². The van der Waals surface area contributed by atoms with Crippen LogP contribution >= 0.6 is 0 Å². The quantitative estimate of drug-likeness (QED) is 0.729. The first-order chi connectivity index (χ1) is 11.5. The lowest BCUT2D eigenvalue weighted by Gasteiger charge is -2.26. The SMILES string of the molecule is CNCCCNC(=O)c1ccc(C)c(S(=O)(=O)N2CCCCC2)c1. The number of piperidine rings is 1. The van der Waals surface area contributed by atoms with Gasteiger partial charge in [-0.25, -0.2) is 8.42 Å². The Morgan fingerprint density at radius 1 is 1.17 bits per heavy atom. The zero-order chi connectivity index (χ0) is 17.6. The molecule has 0 aliphatic carbocycles. The van der Waals surface area contributed by atoms with Gasteiger partial charge in [0.1, 0.15) is 0 Å². The molecule has 7 heteroatoms. The Kier molecular flexibility index (Phi) is 6.77. The fourth-order valence-electron chi connectivity index (χ4n) is 2.83. The topological polar surface area (TPSA) is 78.5 Å². The minimum atomic E-state index is -3.53. The third-order valence-electron chi connectivity index (χ3n) is 4.27. The van der Waals surface area contributed by atoms with Gasteiger partial charge in [0.05, 0.1) is 4.90 Å². The van der Waals surface area contributed by atoms with Gasteiger partial charge in [0.2, 0.25) is 10.0 Å². The van der Waals surface area contributed by atoms with Gasteiger partial charge in [0, 0.05) is 25.2 Å². The summed E-state index contributed by atoms with van der Waals surface area (Å²) in [5.74, 6) is -0.235. The van der Waals surface area contributed by atoms with Gasteiger partial charge in [0.25, 0.3) is 5.91 Å². The Bertz CT molecular complexity index is 668. The number of carbonyl (C=O) groups excluding carboxylic acids is 1. The van der Waals surface area contributed by atoms with Crippen LogP contribution in [-0.4, -0.2) is 51.9 Å². The summed E-state index contributed by atoms with van der Waals surface area (Å²) < 4.78 is 27.3. The summed E-state index contributed by atoms with van der Waals surface area (Å²) in [6, 6.07) is 4.89. The number of nitrogens with one attached hydrogen (secondary N) is 2. The van der Waals surface area contributed by atoms with Crippen molar-refractivity contribution in [1.82, 2.24) is 14.9 Å². The summed E-state index contributed by atoms with van der Waals surface area (Å²) in [4.78, 5) is 12.5. The molecule has 24 heavy (non-hydrogen) atoms. The number of carbonyl (C=O) groups is 1. The van der Waals surface area contributed by atoms with Gasteiger partial charge in [-0.2, -0.15) is 4.31 Å². The fourth-order valence-corrected chi connectivity index (χ4v) is 4.60. The second-order valence-corrected chi connectivity index (χ2v) is 8.06. The van der Waals surface area contributed by atoms with E-state index in [4.69, 9.17) is 0 Å². The lowest BCUT2D eigenvalue weighted by Crippen LogP contribution is -2.36. The number of hydrogen-bond donors (Lipinski definition) is 2. The van der Waals surface area contributed by atoms with Crippen molar-refractivity contribution in [2.75, 3.05) is 33.2 Å². The Morgan fingerprint density at radius 3 is 2.54 bits per heavy atom. The number of benzene rings is 1. The largest absolute Gasteiger partial charge is 0.352 e. The van der Waals surface area contributed by atoms with Crippen LogP contribution in [0.15, 0.2) is 23.1 Å². The Morgan fingerprint density at radius 2 is 1.88 bits per heavy atom. The molecule has 1 aromatic carbocycles. The van der Waals surface area contributed by atoms with Crippen LogP contribution in [0.4, 0.5) is 0 Å². The first-order valence-electron chi connectivity index (χ1n) is 8.50. The molecule has 1 aliphatic rings. The van der Waals surface area contributed by atoms with Crippen LogP contribution in [0.1, 0.15) is 41.6 Å². The highest BCUT2D eigenvalue weighted by molar-refractivity contribution is 7.89. The van der Waals surface area contributed by atoms with Crippen LogP contribution < -0.4 is 10.6 Å². The molecule has 2 N–H and O–H groups in total. The number of rotatable bonds is 7. The molecule has 134 valence electrons. The monoisotopic (exact) mass is 353 g/mol. The summed E-state index contributed by atoms with van der Waals surface area (Å²) in [5.41, 5.74) is 1.06. The van der Waals surface area contributed by atoms with Gasteiger partial charge in [-0.1, -0.05) is 12.5 Å². The smallest absolute Gasteiger partial charge is 0.251 e. The third-order valence-corrected chi connectivity index (χ3v) is 6.31. The van der Waals surface area contributed by atoms with E-state index in [1.165, 1.54) is 10.4 Å². The van der Waals surface area contributed by atoms with E-state index in [1.807, 2.05) is 7.05 Å². The van der Waals surface area contributed by atoms with Crippen LogP contribution in [0.3, 0.4) is 0 Å². The summed E-state index contributed by atoms with van der Waals surface area (Å²) in [7, 11) is -1.67. The van der Waals surface area contributed by atoms with E-state index in [9.17, 15) is 13.2 Å². The molecule has 1 aliphatic heterocycles. The lowest BCUT2D eigenvalue weighted by atomic mass is 10.1. The van der Waals surface area contributed by atoms with Crippen LogP contribution in [0.25, 0.3) is 0 Å². The first-order valence-corrected chi connectivity index (χ1v) is 9.94. The van der Waals surface area contributed by atoms with Crippen molar-refractivity contribution in [3.63, 3.8) is 0 Å². The molecule has 0 aromatic heterocycles. The zero-order valence-electron chi connectivity index (χ0n) is 14.5. The molecule has 0 bridgehead atoms. The summed E-state index contributed by atoms with van der Waals surface area (Å²) >= 11 is 0. The zero-order valence-corrected chi connectivity index (χ0v) is 15.3. The molecule has 1 heterocycles. The summed E-state index contributed by atoms with van der Waals surface area (Å²) in [5, 5.41) is 5.84. The van der Waals surface area contributed by atoms with Gasteiger partial charge in [-0.3, -0.25) is 4.79 Å². The number of aryl methyl sites for hydroxylation is 1. The maximum Gasteiger partial charge on any atom is 0.251 e. The van der Waals surface area contributed by atoms with Gasteiger partial charge in [-0.05, 0) is 57.5 Å². The molecule has 0 atom stereocenters. The van der Waals surface area contributed by atoms with Gasteiger partial charge in [-0.15, -0.1) is 0 Å². The minimum Gasteiger partial charge on any atom is -0.352 e. The molecule has 0 saturated carbocycles. The van der Waals surface area contributed by atoms with Crippen molar-refractivity contribution in [3.05, 3.63) is 29.3 Å². The molecular formula is C17H27N3O3S. The second-order valence-electron chi connectivity index (χ2n) is 6.16. The number of nitrogens with zero attached hydrogens (tertiary/aromatic N) is 1. The highest BCUT2D eigenvalue weighted by atomic mass is 32.2. The van der Waals surface area contributed by atoms with Crippen LogP contribution in [0.5, 0.6) is 0 Å². The average Bonchev–Trinajstić information content (AvgIpc) is 2.59. The normalized spacial score (nSPS) is 16.1. The Hall–Kier alpha value is -1.44. The summed E-state index contributed by atoms with van der Waals surface area (Å²) in [6.07, 6.45) is 3.68. The maximum absolute atomic E-state index is 12.9. The molecule has 1 fully saturated rings. The van der Waals surface area contributed by atoms with E-state index in [1.54, 1.807) is 19.1 Å². The van der Waals surface area contributed by atoms with E-state index in [0.717, 1.165) is 32.2 Å². The van der Waals surface area contributed by atoms with E-state index >= 15 is 0 Å². The van der Waals surface area contributed by atoms with Crippen LogP contribution in [0.2, 0.25) is 0 Å². The van der Waals surface area contributed by atoms with E-state index in [-0.39, 0.29) is 10.8 Å². The number of sulfonamides is 1. The molecule has 0 spiro atoms. The molecule has 6 nitrogen and oxygen atoms in total. The molecule has 0 unspecified atom stereocenters. The van der Waals surface area contributed by atoms with Crippen molar-refractivity contribution in [1.29, 1.82) is 0 Å². The van der Waals surface area contributed by atoms with Gasteiger partial charge < -0.3 is 10.6 Å². The van der Waals surface area contributed by atoms with Crippen molar-refractivity contribution in [2.24, 2.45) is 0 Å². The number of amides is 1. The minimum absolute atomic E-state index is 0.235. The first kappa shape index (κ1) is 18.9. The predicted octanol–water partition coefficient (Wildman–Crippen LogP) is 1.51. The van der Waals surface area contributed by atoms with E-state index in [0.29, 0.717) is 30.8 Å². The lowest BCUT2D eigenvalue weighted by molar-refractivity contribution is 0.0953. The van der Waals surface area contributed by atoms with Gasteiger partial charge in [0.15, 0.2) is 0 Å². The van der Waals surface area contributed by atoms with Crippen molar-refractivity contribution >= 4 is 15.9 Å². The van der Waals surface area contributed by atoms with Crippen LogP contribution in [0, 0.1) is 6.92 Å². The van der Waals surface area contributed by atoms with Crippen molar-refractivity contribution in [3.8, 4) is 0 Å². The summed E-state index contributed by atoms with van der Waals surface area (Å²) in [6.45, 7) is 4.26. The van der Waals surface area contributed by atoms with Crippen LogP contribution in [-0.2, 0) is 10.0 Å². The van der Waals surface area contributed by atoms with Crippen molar-refractivity contribution in [2.45, 2.75) is 37.5 Å². The molecule has 1 aromatic rings. The number of hydrogen-bond acceptors (Lipinski definition) is 4. The Balaban J connectivity index is 2.17. The van der Waals surface area contributed by atoms with Gasteiger partial charge >= 0.3 is 0 Å². The molecule has 1 saturated heterocycles. The molecule has 2 rings (SSSR count). The average molecular weight is 353 g/mol. The predicted molar refractivity (Wildman–Crippen MR) is 94.7 cm³/mol. The standard InChI is InChI=1S/C17H27N3O3S/c1-14-7-8-15(17(21)19-10-6-9-18-2)13-16(14)24(22,23)20-11-4-3-5-12-20/h7-8,13,18H,3-6,9-12H2,1-2H3,(H,19,21).